The average Bonchev–Trinajstić information content (AvgIpc) is 2.62. The molecule has 0 spiro atoms. The lowest BCUT2D eigenvalue weighted by Gasteiger charge is -2.11. The number of nitrogens with one attached hydrogen (secondary N) is 2. The first-order chi connectivity index (χ1) is 12.6. The van der Waals surface area contributed by atoms with Gasteiger partial charge < -0.3 is 15.4 Å². The number of halogens is 1. The lowest BCUT2D eigenvalue weighted by molar-refractivity contribution is 0.340. The lowest BCUT2D eigenvalue weighted by atomic mass is 10.2. The average molecular weight is 369 g/mol. The van der Waals surface area contributed by atoms with Crippen molar-refractivity contribution < 1.29 is 4.74 Å². The number of anilines is 3. The van der Waals surface area contributed by atoms with Crippen molar-refractivity contribution in [2.75, 3.05) is 17.2 Å². The van der Waals surface area contributed by atoms with Crippen molar-refractivity contribution in [1.29, 1.82) is 0 Å². The summed E-state index contributed by atoms with van der Waals surface area (Å²) in [4.78, 5) is 8.96. The number of aryl methyl sites for hydroxylation is 1. The van der Waals surface area contributed by atoms with Crippen molar-refractivity contribution in [3.8, 4) is 5.75 Å². The zero-order valence-electron chi connectivity index (χ0n) is 14.8. The highest BCUT2D eigenvalue weighted by Crippen LogP contribution is 2.21. The third-order valence-electron chi connectivity index (χ3n) is 3.69. The van der Waals surface area contributed by atoms with Gasteiger partial charge >= 0.3 is 0 Å². The van der Waals surface area contributed by atoms with E-state index in [9.17, 15) is 0 Å². The van der Waals surface area contributed by atoms with Gasteiger partial charge in [-0.05, 0) is 49.7 Å². The molecule has 3 aromatic rings. The molecule has 0 fully saturated rings. The van der Waals surface area contributed by atoms with Crippen LogP contribution in [0, 0.1) is 6.92 Å². The summed E-state index contributed by atoms with van der Waals surface area (Å²) in [6.07, 6.45) is 0. The van der Waals surface area contributed by atoms with Crippen molar-refractivity contribution in [3.63, 3.8) is 0 Å². The Hall–Kier alpha value is -2.79. The number of hydrogen-bond donors (Lipinski definition) is 2. The summed E-state index contributed by atoms with van der Waals surface area (Å²) in [6.45, 7) is 5.11. The second kappa shape index (κ2) is 8.54. The van der Waals surface area contributed by atoms with Crippen LogP contribution in [0.4, 0.5) is 17.5 Å². The van der Waals surface area contributed by atoms with Crippen LogP contribution in [0.25, 0.3) is 0 Å². The highest BCUT2D eigenvalue weighted by molar-refractivity contribution is 6.31. The fourth-order valence-electron chi connectivity index (χ4n) is 2.48. The van der Waals surface area contributed by atoms with Crippen molar-refractivity contribution in [3.05, 3.63) is 70.9 Å². The van der Waals surface area contributed by atoms with Gasteiger partial charge in [-0.25, -0.2) is 4.98 Å². The Morgan fingerprint density at radius 3 is 2.54 bits per heavy atom. The Morgan fingerprint density at radius 1 is 1.04 bits per heavy atom. The zero-order valence-corrected chi connectivity index (χ0v) is 15.5. The van der Waals surface area contributed by atoms with E-state index in [1.165, 1.54) is 0 Å². The predicted octanol–water partition coefficient (Wildman–Crippen LogP) is 5.19. The largest absolute Gasteiger partial charge is 0.494 e. The molecule has 0 saturated heterocycles. The van der Waals surface area contributed by atoms with Crippen LogP contribution in [-0.4, -0.2) is 16.6 Å². The van der Waals surface area contributed by atoms with Crippen LogP contribution in [0.3, 0.4) is 0 Å². The molecule has 2 aromatic carbocycles. The summed E-state index contributed by atoms with van der Waals surface area (Å²) >= 11 is 6.19. The highest BCUT2D eigenvalue weighted by atomic mass is 35.5. The van der Waals surface area contributed by atoms with Crippen LogP contribution in [0.1, 0.15) is 18.2 Å². The number of nitrogens with zero attached hydrogens (tertiary/aromatic N) is 2. The van der Waals surface area contributed by atoms with Crippen LogP contribution in [0.2, 0.25) is 5.02 Å². The van der Waals surface area contributed by atoms with Crippen LogP contribution in [-0.2, 0) is 6.54 Å². The molecular formula is C20H21ClN4O. The van der Waals surface area contributed by atoms with E-state index in [1.54, 1.807) is 0 Å². The standard InChI is InChI=1S/C20H21ClN4O/c1-3-26-17-10-8-16(9-11-17)24-19-12-14(2)23-20(25-19)22-13-15-6-4-5-7-18(15)21/h4-12H,3,13H2,1-2H3,(H2,22,23,24,25). The molecule has 0 unspecified atom stereocenters. The first kappa shape index (κ1) is 18.0. The summed E-state index contributed by atoms with van der Waals surface area (Å²) in [5, 5.41) is 7.24. The summed E-state index contributed by atoms with van der Waals surface area (Å²) in [5.74, 6) is 2.13. The summed E-state index contributed by atoms with van der Waals surface area (Å²) < 4.78 is 5.46. The Labute approximate surface area is 158 Å². The molecule has 1 heterocycles. The van der Waals surface area contributed by atoms with Crippen LogP contribution >= 0.6 is 11.6 Å². The first-order valence-electron chi connectivity index (χ1n) is 8.47. The second-order valence-corrected chi connectivity index (χ2v) is 6.15. The molecule has 0 saturated carbocycles. The zero-order chi connectivity index (χ0) is 18.4. The van der Waals surface area contributed by atoms with Gasteiger partial charge in [-0.2, -0.15) is 4.98 Å². The quantitative estimate of drug-likeness (QED) is 0.600. The molecule has 1 aromatic heterocycles. The second-order valence-electron chi connectivity index (χ2n) is 5.75. The monoisotopic (exact) mass is 368 g/mol. The molecular weight excluding hydrogens is 348 g/mol. The van der Waals surface area contributed by atoms with Gasteiger partial charge in [0, 0.05) is 29.0 Å². The third-order valence-corrected chi connectivity index (χ3v) is 4.06. The predicted molar refractivity (Wildman–Crippen MR) is 106 cm³/mol. The molecule has 134 valence electrons. The summed E-state index contributed by atoms with van der Waals surface area (Å²) in [7, 11) is 0. The van der Waals surface area contributed by atoms with E-state index in [-0.39, 0.29) is 0 Å². The van der Waals surface area contributed by atoms with E-state index < -0.39 is 0 Å². The first-order valence-corrected chi connectivity index (χ1v) is 8.84. The SMILES string of the molecule is CCOc1ccc(Nc2cc(C)nc(NCc3ccccc3Cl)n2)cc1. The molecule has 3 rings (SSSR count). The van der Waals surface area contributed by atoms with Gasteiger partial charge in [0.15, 0.2) is 0 Å². The normalized spacial score (nSPS) is 10.4. The topological polar surface area (TPSA) is 59.1 Å². The molecule has 0 amide bonds. The van der Waals surface area contributed by atoms with Gasteiger partial charge in [-0.15, -0.1) is 0 Å². The Kier molecular flexibility index (Phi) is 5.92. The number of hydrogen-bond acceptors (Lipinski definition) is 5. The molecule has 26 heavy (non-hydrogen) atoms. The number of ether oxygens (including phenoxy) is 1. The summed E-state index contributed by atoms with van der Waals surface area (Å²) in [5.41, 5.74) is 2.80. The van der Waals surface area contributed by atoms with Crippen LogP contribution in [0.5, 0.6) is 5.75 Å². The third kappa shape index (κ3) is 4.86. The van der Waals surface area contributed by atoms with Gasteiger partial charge in [-0.3, -0.25) is 0 Å². The van der Waals surface area contributed by atoms with Crippen molar-refractivity contribution in [2.45, 2.75) is 20.4 Å². The van der Waals surface area contributed by atoms with E-state index in [0.717, 1.165) is 33.5 Å². The van der Waals surface area contributed by atoms with E-state index in [0.29, 0.717) is 19.1 Å². The maximum absolute atomic E-state index is 6.19. The fraction of sp³-hybridized carbons (Fsp3) is 0.200. The lowest BCUT2D eigenvalue weighted by Crippen LogP contribution is -2.06. The molecule has 0 atom stereocenters. The number of rotatable bonds is 7. The molecule has 0 aliphatic heterocycles. The minimum absolute atomic E-state index is 0.554. The Balaban J connectivity index is 1.70. The van der Waals surface area contributed by atoms with Gasteiger partial charge in [0.05, 0.1) is 6.61 Å². The molecule has 0 radical (unpaired) electrons. The van der Waals surface area contributed by atoms with Crippen molar-refractivity contribution >= 4 is 29.1 Å². The van der Waals surface area contributed by atoms with E-state index in [1.807, 2.05) is 68.4 Å². The molecule has 0 bridgehead atoms. The van der Waals surface area contributed by atoms with Gasteiger partial charge in [0.25, 0.3) is 0 Å². The van der Waals surface area contributed by atoms with Crippen molar-refractivity contribution in [1.82, 2.24) is 9.97 Å². The van der Waals surface area contributed by atoms with Crippen LogP contribution < -0.4 is 15.4 Å². The smallest absolute Gasteiger partial charge is 0.225 e. The molecule has 0 aliphatic carbocycles. The van der Waals surface area contributed by atoms with E-state index in [4.69, 9.17) is 16.3 Å². The number of aromatic nitrogens is 2. The van der Waals surface area contributed by atoms with Crippen molar-refractivity contribution in [2.24, 2.45) is 0 Å². The minimum Gasteiger partial charge on any atom is -0.494 e. The maximum atomic E-state index is 6.19. The molecule has 5 nitrogen and oxygen atoms in total. The van der Waals surface area contributed by atoms with Gasteiger partial charge in [-0.1, -0.05) is 29.8 Å². The van der Waals surface area contributed by atoms with E-state index in [2.05, 4.69) is 20.6 Å². The van der Waals surface area contributed by atoms with Gasteiger partial charge in [0.2, 0.25) is 5.95 Å². The summed E-state index contributed by atoms with van der Waals surface area (Å²) in [6, 6.07) is 17.4. The highest BCUT2D eigenvalue weighted by Gasteiger charge is 2.05. The Morgan fingerprint density at radius 2 is 1.81 bits per heavy atom. The van der Waals surface area contributed by atoms with Crippen LogP contribution in [0.15, 0.2) is 54.6 Å². The van der Waals surface area contributed by atoms with E-state index >= 15 is 0 Å². The minimum atomic E-state index is 0.554. The molecule has 2 N–H and O–H groups in total. The molecule has 0 aliphatic rings. The fourth-order valence-corrected chi connectivity index (χ4v) is 2.68. The molecule has 6 heteroatoms. The number of benzene rings is 2. The maximum Gasteiger partial charge on any atom is 0.225 e. The Bertz CT molecular complexity index is 868. The van der Waals surface area contributed by atoms with Gasteiger partial charge in [0.1, 0.15) is 11.6 Å².